The van der Waals surface area contributed by atoms with Crippen molar-refractivity contribution in [1.29, 1.82) is 0 Å². The smallest absolute Gasteiger partial charge is 0.317 e. The molecule has 0 aromatic rings. The lowest BCUT2D eigenvalue weighted by atomic mass is 9.99. The monoisotopic (exact) mass is 283 g/mol. The first-order valence-electron chi connectivity index (χ1n) is 7.02. The molecule has 7 nitrogen and oxygen atoms in total. The summed E-state index contributed by atoms with van der Waals surface area (Å²) in [4.78, 5) is 35.8. The van der Waals surface area contributed by atoms with E-state index in [4.69, 9.17) is 5.11 Å². The van der Waals surface area contributed by atoms with Crippen LogP contribution in [0.1, 0.15) is 26.2 Å². The SMILES string of the molecule is CC1CN(C(=O)NCCC(=O)NC2CC2)CC1C(=O)O. The Labute approximate surface area is 117 Å². The Balaban J connectivity index is 1.67. The minimum Gasteiger partial charge on any atom is -0.481 e. The van der Waals surface area contributed by atoms with Crippen molar-refractivity contribution < 1.29 is 19.5 Å². The predicted octanol–water partition coefficient (Wildman–Crippen LogP) is 0.0172. The van der Waals surface area contributed by atoms with E-state index in [1.54, 1.807) is 0 Å². The average molecular weight is 283 g/mol. The van der Waals surface area contributed by atoms with Crippen LogP contribution >= 0.6 is 0 Å². The summed E-state index contributed by atoms with van der Waals surface area (Å²) in [5.41, 5.74) is 0. The summed E-state index contributed by atoms with van der Waals surface area (Å²) < 4.78 is 0. The van der Waals surface area contributed by atoms with Gasteiger partial charge in [-0.3, -0.25) is 9.59 Å². The molecule has 1 saturated carbocycles. The molecular weight excluding hydrogens is 262 g/mol. The van der Waals surface area contributed by atoms with E-state index in [9.17, 15) is 14.4 Å². The topological polar surface area (TPSA) is 98.7 Å². The summed E-state index contributed by atoms with van der Waals surface area (Å²) in [5.74, 6) is -1.46. The van der Waals surface area contributed by atoms with E-state index < -0.39 is 11.9 Å². The van der Waals surface area contributed by atoms with Crippen LogP contribution < -0.4 is 10.6 Å². The van der Waals surface area contributed by atoms with E-state index in [0.717, 1.165) is 12.8 Å². The van der Waals surface area contributed by atoms with E-state index in [1.807, 2.05) is 6.92 Å². The fourth-order valence-corrected chi connectivity index (χ4v) is 2.38. The summed E-state index contributed by atoms with van der Waals surface area (Å²) >= 11 is 0. The van der Waals surface area contributed by atoms with Crippen molar-refractivity contribution in [2.24, 2.45) is 11.8 Å². The standard InChI is InChI=1S/C13H21N3O4/c1-8-6-16(7-10(8)12(18)19)13(20)14-5-4-11(17)15-9-2-3-9/h8-10H,2-7H2,1H3,(H,14,20)(H,15,17)(H,18,19). The molecule has 1 aliphatic carbocycles. The van der Waals surface area contributed by atoms with Crippen LogP contribution in [0.15, 0.2) is 0 Å². The molecule has 2 rings (SSSR count). The van der Waals surface area contributed by atoms with Crippen LogP contribution in [-0.4, -0.2) is 53.6 Å². The number of carbonyl (C=O) groups excluding carboxylic acids is 2. The van der Waals surface area contributed by atoms with Crippen LogP contribution in [-0.2, 0) is 9.59 Å². The Morgan fingerprint density at radius 2 is 1.95 bits per heavy atom. The zero-order valence-corrected chi connectivity index (χ0v) is 11.6. The zero-order chi connectivity index (χ0) is 14.7. The van der Waals surface area contributed by atoms with Gasteiger partial charge in [0.05, 0.1) is 5.92 Å². The second-order valence-corrected chi connectivity index (χ2v) is 5.65. The van der Waals surface area contributed by atoms with E-state index in [2.05, 4.69) is 10.6 Å². The molecule has 20 heavy (non-hydrogen) atoms. The van der Waals surface area contributed by atoms with Gasteiger partial charge in [-0.25, -0.2) is 4.79 Å². The van der Waals surface area contributed by atoms with Gasteiger partial charge in [0.2, 0.25) is 5.91 Å². The molecule has 1 saturated heterocycles. The van der Waals surface area contributed by atoms with E-state index in [-0.39, 0.29) is 37.4 Å². The first kappa shape index (κ1) is 14.6. The van der Waals surface area contributed by atoms with Crippen LogP contribution in [0.25, 0.3) is 0 Å². The number of hydrogen-bond acceptors (Lipinski definition) is 3. The maximum absolute atomic E-state index is 11.9. The lowest BCUT2D eigenvalue weighted by Crippen LogP contribution is -2.40. The lowest BCUT2D eigenvalue weighted by molar-refractivity contribution is -0.142. The maximum Gasteiger partial charge on any atom is 0.317 e. The third kappa shape index (κ3) is 3.85. The van der Waals surface area contributed by atoms with Crippen LogP contribution in [0, 0.1) is 11.8 Å². The second kappa shape index (κ2) is 6.11. The number of rotatable bonds is 5. The third-order valence-corrected chi connectivity index (χ3v) is 3.79. The Morgan fingerprint density at radius 1 is 1.25 bits per heavy atom. The summed E-state index contributed by atoms with van der Waals surface area (Å²) in [7, 11) is 0. The van der Waals surface area contributed by atoms with Crippen LogP contribution in [0.2, 0.25) is 0 Å². The molecule has 0 bridgehead atoms. The number of carbonyl (C=O) groups is 3. The molecule has 0 spiro atoms. The molecule has 112 valence electrons. The van der Waals surface area contributed by atoms with Crippen LogP contribution in [0.5, 0.6) is 0 Å². The molecule has 2 unspecified atom stereocenters. The normalized spacial score (nSPS) is 25.4. The minimum absolute atomic E-state index is 0.0450. The largest absolute Gasteiger partial charge is 0.481 e. The number of nitrogens with zero attached hydrogens (tertiary/aromatic N) is 1. The summed E-state index contributed by atoms with van der Waals surface area (Å²) in [6.07, 6.45) is 2.34. The Hall–Kier alpha value is -1.79. The minimum atomic E-state index is -0.864. The highest BCUT2D eigenvalue weighted by Gasteiger charge is 2.36. The first-order valence-corrected chi connectivity index (χ1v) is 7.02. The fourth-order valence-electron chi connectivity index (χ4n) is 2.38. The molecule has 0 radical (unpaired) electrons. The number of hydrogen-bond donors (Lipinski definition) is 3. The molecule has 1 aliphatic heterocycles. The van der Waals surface area contributed by atoms with Gasteiger partial charge in [0.25, 0.3) is 0 Å². The van der Waals surface area contributed by atoms with Gasteiger partial charge >= 0.3 is 12.0 Å². The van der Waals surface area contributed by atoms with Crippen LogP contribution in [0.3, 0.4) is 0 Å². The lowest BCUT2D eigenvalue weighted by Gasteiger charge is -2.16. The van der Waals surface area contributed by atoms with Gasteiger partial charge in [-0.15, -0.1) is 0 Å². The second-order valence-electron chi connectivity index (χ2n) is 5.65. The molecule has 0 aromatic heterocycles. The van der Waals surface area contributed by atoms with Crippen molar-refractivity contribution in [3.05, 3.63) is 0 Å². The molecular formula is C13H21N3O4. The van der Waals surface area contributed by atoms with Crippen LogP contribution in [0.4, 0.5) is 4.79 Å². The van der Waals surface area contributed by atoms with Crippen molar-refractivity contribution in [1.82, 2.24) is 15.5 Å². The number of likely N-dealkylation sites (tertiary alicyclic amines) is 1. The van der Waals surface area contributed by atoms with Crippen molar-refractivity contribution in [3.8, 4) is 0 Å². The third-order valence-electron chi connectivity index (χ3n) is 3.79. The first-order chi connectivity index (χ1) is 9.47. The molecule has 3 N–H and O–H groups in total. The number of aliphatic carboxylic acids is 1. The Kier molecular flexibility index (Phi) is 4.46. The highest BCUT2D eigenvalue weighted by atomic mass is 16.4. The van der Waals surface area contributed by atoms with Gasteiger partial charge in [0.1, 0.15) is 0 Å². The summed E-state index contributed by atoms with van der Waals surface area (Å²) in [6.45, 7) is 2.78. The van der Waals surface area contributed by atoms with Crippen molar-refractivity contribution in [2.75, 3.05) is 19.6 Å². The number of amides is 3. The van der Waals surface area contributed by atoms with E-state index >= 15 is 0 Å². The summed E-state index contributed by atoms with van der Waals surface area (Å²) in [5, 5.41) is 14.5. The van der Waals surface area contributed by atoms with Gasteiger partial charge < -0.3 is 20.6 Å². The molecule has 2 fully saturated rings. The van der Waals surface area contributed by atoms with Crippen molar-refractivity contribution in [2.45, 2.75) is 32.2 Å². The van der Waals surface area contributed by atoms with Crippen molar-refractivity contribution in [3.63, 3.8) is 0 Å². The number of urea groups is 1. The van der Waals surface area contributed by atoms with E-state index in [1.165, 1.54) is 4.90 Å². The fraction of sp³-hybridized carbons (Fsp3) is 0.769. The Bertz CT molecular complexity index is 408. The Morgan fingerprint density at radius 3 is 2.50 bits per heavy atom. The zero-order valence-electron chi connectivity index (χ0n) is 11.6. The summed E-state index contributed by atoms with van der Waals surface area (Å²) in [6, 6.07) is 0.0359. The predicted molar refractivity (Wildman–Crippen MR) is 71.0 cm³/mol. The molecule has 2 atom stereocenters. The van der Waals surface area contributed by atoms with Gasteiger partial charge in [0.15, 0.2) is 0 Å². The molecule has 0 aromatic carbocycles. The number of nitrogens with one attached hydrogen (secondary N) is 2. The highest BCUT2D eigenvalue weighted by Crippen LogP contribution is 2.23. The van der Waals surface area contributed by atoms with Crippen molar-refractivity contribution >= 4 is 17.9 Å². The highest BCUT2D eigenvalue weighted by molar-refractivity contribution is 5.79. The quantitative estimate of drug-likeness (QED) is 0.662. The van der Waals surface area contributed by atoms with Gasteiger partial charge in [-0.2, -0.15) is 0 Å². The molecule has 2 aliphatic rings. The average Bonchev–Trinajstić information content (AvgIpc) is 3.08. The van der Waals surface area contributed by atoms with Gasteiger partial charge in [-0.1, -0.05) is 6.92 Å². The maximum atomic E-state index is 11.9. The van der Waals surface area contributed by atoms with Gasteiger partial charge in [-0.05, 0) is 18.8 Å². The van der Waals surface area contributed by atoms with Gasteiger partial charge in [0, 0.05) is 32.1 Å². The molecule has 1 heterocycles. The van der Waals surface area contributed by atoms with E-state index in [0.29, 0.717) is 12.6 Å². The molecule has 3 amide bonds. The number of carboxylic acids is 1. The number of carboxylic acid groups (broad SMARTS) is 1. The molecule has 7 heteroatoms.